The molecule has 0 aliphatic heterocycles. The zero-order valence-electron chi connectivity index (χ0n) is 8.23. The van der Waals surface area contributed by atoms with Gasteiger partial charge < -0.3 is 9.84 Å². The van der Waals surface area contributed by atoms with E-state index < -0.39 is 42.0 Å². The van der Waals surface area contributed by atoms with Gasteiger partial charge in [0.05, 0.1) is 12.2 Å². The average Bonchev–Trinajstić information content (AvgIpc) is 2.17. The number of hydrogen-bond acceptors (Lipinski definition) is 3. The lowest BCUT2D eigenvalue weighted by Crippen LogP contribution is -2.21. The fourth-order valence-corrected chi connectivity index (χ4v) is 1.08. The molecule has 0 amide bonds. The van der Waals surface area contributed by atoms with Gasteiger partial charge in [-0.25, -0.2) is 9.37 Å². The first-order chi connectivity index (χ1) is 8.06. The van der Waals surface area contributed by atoms with Gasteiger partial charge in [-0.3, -0.25) is 0 Å². The van der Waals surface area contributed by atoms with E-state index in [0.717, 1.165) is 0 Å². The number of pyridine rings is 1. The molecule has 0 bridgehead atoms. The summed E-state index contributed by atoms with van der Waals surface area (Å²) < 4.78 is 88.6. The van der Waals surface area contributed by atoms with Crippen LogP contribution in [0.15, 0.2) is 6.20 Å². The lowest BCUT2D eigenvalue weighted by Gasteiger charge is -2.14. The molecule has 3 nitrogen and oxygen atoms in total. The second-order valence-electron chi connectivity index (χ2n) is 2.97. The molecule has 10 heteroatoms. The molecule has 18 heavy (non-hydrogen) atoms. The predicted molar refractivity (Wildman–Crippen MR) is 41.8 cm³/mol. The molecule has 0 aromatic carbocycles. The lowest BCUT2D eigenvalue weighted by atomic mass is 10.1. The summed E-state index contributed by atoms with van der Waals surface area (Å²) in [7, 11) is 0. The van der Waals surface area contributed by atoms with Crippen molar-refractivity contribution >= 4 is 0 Å². The average molecular weight is 279 g/mol. The van der Waals surface area contributed by atoms with Crippen LogP contribution in [0.2, 0.25) is 0 Å². The standard InChI is InChI=1S/C8H4F7NO2/c9-5-3(2-17)4(7(10,11)12)1-16-6(5)18-8(13,14)15/h1,17H,2H2. The highest BCUT2D eigenvalue weighted by molar-refractivity contribution is 5.33. The first-order valence-corrected chi connectivity index (χ1v) is 4.17. The molecule has 0 saturated carbocycles. The summed E-state index contributed by atoms with van der Waals surface area (Å²) >= 11 is 0. The van der Waals surface area contributed by atoms with Gasteiger partial charge in [-0.05, 0) is 0 Å². The molecule has 1 rings (SSSR count). The summed E-state index contributed by atoms with van der Waals surface area (Å²) in [5.74, 6) is -3.69. The maximum Gasteiger partial charge on any atom is 0.574 e. The molecule has 1 aromatic rings. The Bertz CT molecular complexity index is 440. The van der Waals surface area contributed by atoms with E-state index in [1.165, 1.54) is 0 Å². The predicted octanol–water partition coefficient (Wildman–Crippen LogP) is 2.63. The molecule has 0 fully saturated rings. The third kappa shape index (κ3) is 3.22. The van der Waals surface area contributed by atoms with Gasteiger partial charge in [-0.1, -0.05) is 0 Å². The quantitative estimate of drug-likeness (QED) is 0.846. The lowest BCUT2D eigenvalue weighted by molar-refractivity contribution is -0.277. The van der Waals surface area contributed by atoms with Crippen molar-refractivity contribution in [2.75, 3.05) is 0 Å². The van der Waals surface area contributed by atoms with Crippen molar-refractivity contribution in [2.24, 2.45) is 0 Å². The maximum absolute atomic E-state index is 13.2. The Morgan fingerprint density at radius 3 is 2.11 bits per heavy atom. The highest BCUT2D eigenvalue weighted by atomic mass is 19.4. The number of halogens is 7. The molecule has 0 atom stereocenters. The Balaban J connectivity index is 3.29. The molecule has 0 aliphatic rings. The molecule has 0 saturated heterocycles. The van der Waals surface area contributed by atoms with Crippen molar-refractivity contribution in [3.05, 3.63) is 23.1 Å². The summed E-state index contributed by atoms with van der Waals surface area (Å²) in [4.78, 5) is 2.59. The van der Waals surface area contributed by atoms with Crippen molar-refractivity contribution in [1.82, 2.24) is 4.98 Å². The third-order valence-corrected chi connectivity index (χ3v) is 1.76. The van der Waals surface area contributed by atoms with Gasteiger partial charge in [0, 0.05) is 11.8 Å². The second kappa shape index (κ2) is 4.59. The minimum atomic E-state index is -5.31. The van der Waals surface area contributed by atoms with E-state index in [1.54, 1.807) is 0 Å². The van der Waals surface area contributed by atoms with Crippen LogP contribution in [-0.4, -0.2) is 16.5 Å². The molecular formula is C8H4F7NO2. The van der Waals surface area contributed by atoms with Crippen LogP contribution in [0.25, 0.3) is 0 Å². The number of aliphatic hydroxyl groups is 1. The Kier molecular flexibility index (Phi) is 3.70. The van der Waals surface area contributed by atoms with Gasteiger partial charge in [-0.15, -0.1) is 13.2 Å². The fourth-order valence-electron chi connectivity index (χ4n) is 1.08. The van der Waals surface area contributed by atoms with Gasteiger partial charge in [0.25, 0.3) is 5.88 Å². The topological polar surface area (TPSA) is 42.4 Å². The molecule has 0 spiro atoms. The van der Waals surface area contributed by atoms with Gasteiger partial charge in [0.1, 0.15) is 0 Å². The molecule has 1 aromatic heterocycles. The van der Waals surface area contributed by atoms with Crippen molar-refractivity contribution in [1.29, 1.82) is 0 Å². The maximum atomic E-state index is 13.2. The highest BCUT2D eigenvalue weighted by Gasteiger charge is 2.38. The number of hydrogen-bond donors (Lipinski definition) is 1. The van der Waals surface area contributed by atoms with E-state index in [9.17, 15) is 30.7 Å². The molecule has 1 heterocycles. The number of alkyl halides is 6. The minimum Gasteiger partial charge on any atom is -0.392 e. The van der Waals surface area contributed by atoms with Crippen LogP contribution in [0.5, 0.6) is 5.88 Å². The molecule has 1 N–H and O–H groups in total. The van der Waals surface area contributed by atoms with E-state index in [1.807, 2.05) is 0 Å². The second-order valence-corrected chi connectivity index (χ2v) is 2.97. The minimum absolute atomic E-state index is 0.0459. The molecule has 102 valence electrons. The van der Waals surface area contributed by atoms with Crippen LogP contribution >= 0.6 is 0 Å². The SMILES string of the molecule is OCc1c(C(F)(F)F)cnc(OC(F)(F)F)c1F. The monoisotopic (exact) mass is 279 g/mol. The summed E-state index contributed by atoms with van der Waals surface area (Å²) in [6.45, 7) is -1.45. The fraction of sp³-hybridized carbons (Fsp3) is 0.375. The van der Waals surface area contributed by atoms with E-state index in [4.69, 9.17) is 5.11 Å². The number of nitrogens with zero attached hydrogens (tertiary/aromatic N) is 1. The smallest absolute Gasteiger partial charge is 0.392 e. The van der Waals surface area contributed by atoms with Crippen LogP contribution < -0.4 is 4.74 Å². The van der Waals surface area contributed by atoms with Gasteiger partial charge in [-0.2, -0.15) is 13.2 Å². The number of aliphatic hydroxyl groups excluding tert-OH is 1. The van der Waals surface area contributed by atoms with Crippen molar-refractivity contribution in [3.63, 3.8) is 0 Å². The summed E-state index contributed by atoms with van der Waals surface area (Å²) in [5, 5.41) is 8.58. The molecule has 0 radical (unpaired) electrons. The van der Waals surface area contributed by atoms with Gasteiger partial charge >= 0.3 is 12.5 Å². The van der Waals surface area contributed by atoms with Crippen LogP contribution in [0, 0.1) is 5.82 Å². The van der Waals surface area contributed by atoms with E-state index >= 15 is 0 Å². The first kappa shape index (κ1) is 14.5. The number of aromatic nitrogens is 1. The molecule has 0 aliphatic carbocycles. The Hall–Kier alpha value is -1.58. The van der Waals surface area contributed by atoms with Crippen molar-refractivity contribution in [3.8, 4) is 5.88 Å². The van der Waals surface area contributed by atoms with E-state index in [2.05, 4.69) is 9.72 Å². The van der Waals surface area contributed by atoms with Crippen LogP contribution in [0.3, 0.4) is 0 Å². The number of ether oxygens (including phenoxy) is 1. The van der Waals surface area contributed by atoms with Crippen LogP contribution in [-0.2, 0) is 12.8 Å². The first-order valence-electron chi connectivity index (χ1n) is 4.17. The molecule has 0 unspecified atom stereocenters. The zero-order chi connectivity index (χ0) is 14.1. The van der Waals surface area contributed by atoms with Gasteiger partial charge in [0.15, 0.2) is 5.82 Å². The Morgan fingerprint density at radius 2 is 1.72 bits per heavy atom. The third-order valence-electron chi connectivity index (χ3n) is 1.76. The van der Waals surface area contributed by atoms with E-state index in [0.29, 0.717) is 0 Å². The summed E-state index contributed by atoms with van der Waals surface area (Å²) in [5.41, 5.74) is -3.03. The van der Waals surface area contributed by atoms with Crippen LogP contribution in [0.1, 0.15) is 11.1 Å². The van der Waals surface area contributed by atoms with Crippen molar-refractivity contribution < 1.29 is 40.6 Å². The molecular weight excluding hydrogens is 275 g/mol. The summed E-state index contributed by atoms with van der Waals surface area (Å²) in [6.07, 6.45) is -10.4. The Morgan fingerprint density at radius 1 is 1.17 bits per heavy atom. The largest absolute Gasteiger partial charge is 0.574 e. The number of rotatable bonds is 2. The zero-order valence-corrected chi connectivity index (χ0v) is 8.23. The Labute approximate surface area is 94.8 Å². The van der Waals surface area contributed by atoms with Gasteiger partial charge in [0.2, 0.25) is 0 Å². The highest BCUT2D eigenvalue weighted by Crippen LogP contribution is 2.35. The van der Waals surface area contributed by atoms with Crippen LogP contribution in [0.4, 0.5) is 30.7 Å². The van der Waals surface area contributed by atoms with E-state index in [-0.39, 0.29) is 6.20 Å². The van der Waals surface area contributed by atoms with Crippen molar-refractivity contribution in [2.45, 2.75) is 19.1 Å². The summed E-state index contributed by atoms with van der Waals surface area (Å²) in [6, 6.07) is 0. The normalized spacial score (nSPS) is 12.7.